The van der Waals surface area contributed by atoms with Crippen molar-refractivity contribution in [1.82, 2.24) is 19.7 Å². The molecule has 0 aliphatic carbocycles. The number of anilines is 1. The lowest BCUT2D eigenvalue weighted by atomic mass is 10.1. The Hall–Kier alpha value is -2.16. The van der Waals surface area contributed by atoms with Crippen molar-refractivity contribution in [3.63, 3.8) is 0 Å². The second-order valence-electron chi connectivity index (χ2n) is 11.3. The van der Waals surface area contributed by atoms with Crippen molar-refractivity contribution in [2.45, 2.75) is 31.1 Å². The number of fused-ring (bicyclic) bond motifs is 1. The van der Waals surface area contributed by atoms with Crippen LogP contribution >= 0.6 is 38.4 Å². The van der Waals surface area contributed by atoms with Gasteiger partial charge >= 0.3 is 15.2 Å². The number of ether oxygens (including phenoxy) is 5. The van der Waals surface area contributed by atoms with Crippen molar-refractivity contribution < 1.29 is 66.6 Å². The molecule has 3 heterocycles. The van der Waals surface area contributed by atoms with Crippen molar-refractivity contribution in [3.8, 4) is 0 Å². The molecule has 4 rings (SSSR count). The van der Waals surface area contributed by atoms with E-state index in [-0.39, 0.29) is 53.6 Å². The van der Waals surface area contributed by atoms with Gasteiger partial charge in [-0.25, -0.2) is 9.07 Å². The Morgan fingerprint density at radius 1 is 0.981 bits per heavy atom. The molecule has 1 saturated heterocycles. The standard InChI is InChI=1S/C29H40Cl2FN5O13P2/c1-2-6-45-8-10-47-12-13-48-11-9-46-7-5-36(16-19-3-4-20(30)14-22(19)32)26-21-15-33-37(27(21)35-29(31)34-26)28-25(39)24(38)23(50-28)17-49-52(43,44)18-51(40,41)42/h2-4,14-15,23-25,28,38-39H,1,5-13,16-18H2,(H,43,44)(H2,40,41,42)/t23-,24-,25-,28-/m1/s1. The molecule has 23 heteroatoms. The molecule has 1 fully saturated rings. The van der Waals surface area contributed by atoms with E-state index in [1.807, 2.05) is 0 Å². The van der Waals surface area contributed by atoms with Gasteiger partial charge in [0.2, 0.25) is 5.28 Å². The predicted molar refractivity (Wildman–Crippen MR) is 185 cm³/mol. The van der Waals surface area contributed by atoms with Crippen LogP contribution < -0.4 is 4.90 Å². The molecular formula is C29H40Cl2FN5O13P2. The van der Waals surface area contributed by atoms with Crippen LogP contribution in [0.2, 0.25) is 10.3 Å². The van der Waals surface area contributed by atoms with Crippen LogP contribution in [0.4, 0.5) is 10.2 Å². The highest BCUT2D eigenvalue weighted by Gasteiger charge is 2.46. The molecule has 0 spiro atoms. The fourth-order valence-corrected chi connectivity index (χ4v) is 7.85. The summed E-state index contributed by atoms with van der Waals surface area (Å²) < 4.78 is 71.8. The van der Waals surface area contributed by atoms with Crippen molar-refractivity contribution in [1.29, 1.82) is 0 Å². The summed E-state index contributed by atoms with van der Waals surface area (Å²) in [4.78, 5) is 38.2. The third-order valence-electron chi connectivity index (χ3n) is 7.32. The topological polar surface area (TPSA) is 238 Å². The van der Waals surface area contributed by atoms with E-state index < -0.39 is 58.1 Å². The summed E-state index contributed by atoms with van der Waals surface area (Å²) in [6.45, 7) is 5.72. The number of aliphatic hydroxyl groups excluding tert-OH is 2. The van der Waals surface area contributed by atoms with Gasteiger partial charge in [-0.2, -0.15) is 15.1 Å². The summed E-state index contributed by atoms with van der Waals surface area (Å²) in [7, 11) is -9.69. The minimum Gasteiger partial charge on any atom is -0.387 e. The summed E-state index contributed by atoms with van der Waals surface area (Å²) in [5, 5.41) is 26.0. The summed E-state index contributed by atoms with van der Waals surface area (Å²) in [5.41, 5.74) is 0.325. The van der Waals surface area contributed by atoms with Crippen LogP contribution in [-0.4, -0.2) is 135 Å². The molecule has 1 unspecified atom stereocenters. The van der Waals surface area contributed by atoms with Crippen LogP contribution in [-0.2, 0) is 43.9 Å². The Morgan fingerprint density at radius 3 is 2.27 bits per heavy atom. The molecule has 1 aliphatic rings. The lowest BCUT2D eigenvalue weighted by molar-refractivity contribution is -0.0541. The Kier molecular flexibility index (Phi) is 16.3. The average Bonchev–Trinajstić information content (AvgIpc) is 3.60. The van der Waals surface area contributed by atoms with Crippen molar-refractivity contribution in [3.05, 3.63) is 58.7 Å². The minimum atomic E-state index is -4.91. The highest BCUT2D eigenvalue weighted by atomic mass is 35.5. The monoisotopic (exact) mass is 817 g/mol. The smallest absolute Gasteiger partial charge is 0.340 e. The zero-order valence-corrected chi connectivity index (χ0v) is 31.0. The second kappa shape index (κ2) is 20.0. The number of aromatic nitrogens is 4. The maximum atomic E-state index is 15.0. The lowest BCUT2D eigenvalue weighted by Gasteiger charge is -2.25. The van der Waals surface area contributed by atoms with E-state index in [9.17, 15) is 28.6 Å². The third kappa shape index (κ3) is 12.7. The number of hydrogen-bond acceptors (Lipinski definition) is 14. The van der Waals surface area contributed by atoms with E-state index in [1.165, 1.54) is 24.4 Å². The quantitative estimate of drug-likeness (QED) is 0.0400. The minimum absolute atomic E-state index is 0.0131. The molecule has 0 bridgehead atoms. The van der Waals surface area contributed by atoms with Gasteiger partial charge in [-0.3, -0.25) is 9.13 Å². The molecule has 5 N–H and O–H groups in total. The zero-order valence-electron chi connectivity index (χ0n) is 27.7. The highest BCUT2D eigenvalue weighted by Crippen LogP contribution is 2.55. The Balaban J connectivity index is 1.45. The van der Waals surface area contributed by atoms with Gasteiger partial charge < -0.3 is 58.0 Å². The van der Waals surface area contributed by atoms with Gasteiger partial charge in [0.25, 0.3) is 0 Å². The molecule has 0 amide bonds. The molecule has 1 aliphatic heterocycles. The van der Waals surface area contributed by atoms with E-state index in [0.29, 0.717) is 45.0 Å². The molecule has 290 valence electrons. The SMILES string of the molecule is C=CCOCCOCCOCCOCCN(Cc1ccc(Cl)cc1F)c1nc(Cl)nc2c1cnn2[C@@H]1O[C@H](COP(=O)(O)CP(=O)(O)O)[C@@H](O)[C@H]1O. The molecule has 1 aromatic carbocycles. The molecule has 18 nitrogen and oxygen atoms in total. The van der Waals surface area contributed by atoms with Gasteiger partial charge in [-0.1, -0.05) is 23.7 Å². The first kappa shape index (κ1) is 42.6. The normalized spacial score (nSPS) is 20.4. The van der Waals surface area contributed by atoms with E-state index in [4.69, 9.17) is 61.2 Å². The summed E-state index contributed by atoms with van der Waals surface area (Å²) >= 11 is 12.3. The molecular weight excluding hydrogens is 778 g/mol. The number of hydrogen-bond donors (Lipinski definition) is 5. The number of nitrogens with zero attached hydrogens (tertiary/aromatic N) is 5. The first-order chi connectivity index (χ1) is 24.7. The molecule has 5 atom stereocenters. The first-order valence-corrected chi connectivity index (χ1v) is 20.0. The molecule has 2 aromatic heterocycles. The molecule has 3 aromatic rings. The lowest BCUT2D eigenvalue weighted by Crippen LogP contribution is -2.33. The van der Waals surface area contributed by atoms with Crippen LogP contribution in [0.5, 0.6) is 0 Å². The van der Waals surface area contributed by atoms with Crippen molar-refractivity contribution in [2.24, 2.45) is 0 Å². The van der Waals surface area contributed by atoms with Gasteiger partial charge in [-0.05, 0) is 23.7 Å². The number of halogens is 3. The maximum absolute atomic E-state index is 15.0. The van der Waals surface area contributed by atoms with Crippen LogP contribution in [0.3, 0.4) is 0 Å². The number of benzene rings is 1. The summed E-state index contributed by atoms with van der Waals surface area (Å²) in [6.07, 6.45) is -3.15. The third-order valence-corrected chi connectivity index (χ3v) is 11.2. The fourth-order valence-electron chi connectivity index (χ4n) is 4.96. The predicted octanol–water partition coefficient (Wildman–Crippen LogP) is 2.49. The van der Waals surface area contributed by atoms with Gasteiger partial charge in [-0.15, -0.1) is 6.58 Å². The Labute approximate surface area is 307 Å². The maximum Gasteiger partial charge on any atom is 0.340 e. The van der Waals surface area contributed by atoms with Gasteiger partial charge in [0.05, 0.1) is 71.0 Å². The van der Waals surface area contributed by atoms with Gasteiger partial charge in [0, 0.05) is 23.7 Å². The van der Waals surface area contributed by atoms with E-state index >= 15 is 0 Å². The fraction of sp³-hybridized carbons (Fsp3) is 0.552. The molecule has 0 radical (unpaired) electrons. The Bertz CT molecular complexity index is 1720. The average molecular weight is 819 g/mol. The highest BCUT2D eigenvalue weighted by molar-refractivity contribution is 7.70. The van der Waals surface area contributed by atoms with E-state index in [0.717, 1.165) is 4.68 Å². The largest absolute Gasteiger partial charge is 0.387 e. The van der Waals surface area contributed by atoms with Crippen molar-refractivity contribution in [2.75, 3.05) is 76.8 Å². The summed E-state index contributed by atoms with van der Waals surface area (Å²) in [6, 6.07) is 4.23. The number of rotatable bonds is 23. The van der Waals surface area contributed by atoms with Crippen LogP contribution in [0.25, 0.3) is 11.0 Å². The second-order valence-corrected chi connectivity index (χ2v) is 16.1. The van der Waals surface area contributed by atoms with E-state index in [2.05, 4.69) is 21.6 Å². The van der Waals surface area contributed by atoms with E-state index in [1.54, 1.807) is 11.0 Å². The van der Waals surface area contributed by atoms with Crippen LogP contribution in [0.1, 0.15) is 11.8 Å². The van der Waals surface area contributed by atoms with Crippen LogP contribution in [0.15, 0.2) is 37.1 Å². The zero-order chi connectivity index (χ0) is 37.9. The molecule has 52 heavy (non-hydrogen) atoms. The van der Waals surface area contributed by atoms with Crippen LogP contribution in [0, 0.1) is 5.82 Å². The Morgan fingerprint density at radius 2 is 1.63 bits per heavy atom. The van der Waals surface area contributed by atoms with Crippen molar-refractivity contribution >= 4 is 55.2 Å². The number of aliphatic hydroxyl groups is 2. The van der Waals surface area contributed by atoms with Gasteiger partial charge in [0.15, 0.2) is 17.8 Å². The molecule has 0 saturated carbocycles. The first-order valence-electron chi connectivity index (χ1n) is 15.7. The summed E-state index contributed by atoms with van der Waals surface area (Å²) in [5.74, 6) is -1.79. The van der Waals surface area contributed by atoms with Gasteiger partial charge in [0.1, 0.15) is 29.9 Å².